The molecule has 4 heteroatoms. The van der Waals surface area contributed by atoms with Gasteiger partial charge in [-0.2, -0.15) is 0 Å². The number of esters is 1. The van der Waals surface area contributed by atoms with Crippen molar-refractivity contribution in [3.8, 4) is 11.5 Å². The second-order valence-corrected chi connectivity index (χ2v) is 5.84. The summed E-state index contributed by atoms with van der Waals surface area (Å²) >= 11 is 0. The lowest BCUT2D eigenvalue weighted by atomic mass is 9.88. The topological polar surface area (TPSA) is 55.8 Å². The van der Waals surface area contributed by atoms with Crippen LogP contribution >= 0.6 is 0 Å². The first-order valence-corrected chi connectivity index (χ1v) is 7.74. The molecule has 2 aromatic carbocycles. The average Bonchev–Trinajstić information content (AvgIpc) is 3.15. The fourth-order valence-corrected chi connectivity index (χ4v) is 3.39. The van der Waals surface area contributed by atoms with E-state index in [1.54, 1.807) is 6.07 Å². The molecule has 0 aromatic heterocycles. The van der Waals surface area contributed by atoms with Crippen molar-refractivity contribution < 1.29 is 19.4 Å². The SMILES string of the molecule is COC(=O)c1c(O)ccc2c1[C@H]1/C(=C/c3ccccc3)C=C[C@H]1O2. The Labute approximate surface area is 139 Å². The van der Waals surface area contributed by atoms with Gasteiger partial charge in [-0.15, -0.1) is 0 Å². The summed E-state index contributed by atoms with van der Waals surface area (Å²) in [4.78, 5) is 12.2. The van der Waals surface area contributed by atoms with Crippen molar-refractivity contribution in [2.75, 3.05) is 7.11 Å². The van der Waals surface area contributed by atoms with E-state index in [2.05, 4.69) is 6.08 Å². The monoisotopic (exact) mass is 320 g/mol. The van der Waals surface area contributed by atoms with Crippen LogP contribution in [0.3, 0.4) is 0 Å². The minimum Gasteiger partial charge on any atom is -0.507 e. The number of phenolic OH excluding ortho intramolecular Hbond substituents is 1. The van der Waals surface area contributed by atoms with Gasteiger partial charge in [-0.1, -0.05) is 42.5 Å². The third-order valence-electron chi connectivity index (χ3n) is 4.45. The van der Waals surface area contributed by atoms with E-state index < -0.39 is 5.97 Å². The molecule has 4 rings (SSSR count). The second kappa shape index (κ2) is 5.57. The van der Waals surface area contributed by atoms with Gasteiger partial charge >= 0.3 is 5.97 Å². The normalized spacial score (nSPS) is 22.1. The molecule has 0 unspecified atom stereocenters. The van der Waals surface area contributed by atoms with Crippen LogP contribution in [0.4, 0.5) is 0 Å². The number of methoxy groups -OCH3 is 1. The zero-order chi connectivity index (χ0) is 16.7. The minimum atomic E-state index is -0.556. The van der Waals surface area contributed by atoms with Crippen molar-refractivity contribution in [2.45, 2.75) is 12.0 Å². The van der Waals surface area contributed by atoms with E-state index >= 15 is 0 Å². The second-order valence-electron chi connectivity index (χ2n) is 5.84. The zero-order valence-corrected chi connectivity index (χ0v) is 13.1. The average molecular weight is 320 g/mol. The van der Waals surface area contributed by atoms with Gasteiger partial charge in [0.05, 0.1) is 13.0 Å². The molecule has 2 aliphatic rings. The number of hydrogen-bond acceptors (Lipinski definition) is 4. The molecule has 0 radical (unpaired) electrons. The highest BCUT2D eigenvalue weighted by Crippen LogP contribution is 2.50. The minimum absolute atomic E-state index is 0.0872. The Kier molecular flexibility index (Phi) is 3.38. The van der Waals surface area contributed by atoms with Gasteiger partial charge in [0.15, 0.2) is 0 Å². The Hall–Kier alpha value is -3.01. The first kappa shape index (κ1) is 14.6. The van der Waals surface area contributed by atoms with E-state index in [0.29, 0.717) is 11.3 Å². The molecule has 2 aromatic rings. The van der Waals surface area contributed by atoms with Gasteiger partial charge in [0.1, 0.15) is 23.2 Å². The summed E-state index contributed by atoms with van der Waals surface area (Å²) in [5, 5.41) is 10.2. The standard InChI is InChI=1S/C20H16O4/c1-23-20(22)18-14(21)8-10-16-19(18)17-13(7-9-15(17)24-16)11-12-5-3-2-4-6-12/h2-11,15,17,21H,1H3/b13-11+/t15-,17+/m1/s1. The number of carbonyl (C=O) groups is 1. The number of benzene rings is 2. The predicted molar refractivity (Wildman–Crippen MR) is 90.2 cm³/mol. The van der Waals surface area contributed by atoms with Gasteiger partial charge in [0.2, 0.25) is 0 Å². The molecule has 0 bridgehead atoms. The van der Waals surface area contributed by atoms with E-state index in [1.165, 1.54) is 13.2 Å². The first-order valence-electron chi connectivity index (χ1n) is 7.74. The van der Waals surface area contributed by atoms with Crippen LogP contribution in [0.15, 0.2) is 60.2 Å². The van der Waals surface area contributed by atoms with Gasteiger partial charge in [0.25, 0.3) is 0 Å². The van der Waals surface area contributed by atoms with Crippen molar-refractivity contribution in [3.05, 3.63) is 76.9 Å². The molecule has 120 valence electrons. The van der Waals surface area contributed by atoms with Crippen LogP contribution in [0.2, 0.25) is 0 Å². The molecule has 0 fully saturated rings. The number of aromatic hydroxyl groups is 1. The van der Waals surface area contributed by atoms with Crippen LogP contribution in [-0.2, 0) is 4.74 Å². The molecule has 1 aliphatic heterocycles. The molecule has 1 N–H and O–H groups in total. The summed E-state index contributed by atoms with van der Waals surface area (Å²) in [5.41, 5.74) is 3.00. The Morgan fingerprint density at radius 2 is 2.00 bits per heavy atom. The van der Waals surface area contributed by atoms with Gasteiger partial charge in [-0.25, -0.2) is 4.79 Å². The lowest BCUT2D eigenvalue weighted by Gasteiger charge is -2.14. The maximum absolute atomic E-state index is 12.2. The summed E-state index contributed by atoms with van der Waals surface area (Å²) in [6.07, 6.45) is 5.90. The fourth-order valence-electron chi connectivity index (χ4n) is 3.39. The number of allylic oxidation sites excluding steroid dienone is 1. The summed E-state index contributed by atoms with van der Waals surface area (Å²) in [7, 11) is 1.31. The number of fused-ring (bicyclic) bond motifs is 3. The van der Waals surface area contributed by atoms with Crippen LogP contribution in [0.1, 0.15) is 27.4 Å². The Morgan fingerprint density at radius 3 is 2.75 bits per heavy atom. The van der Waals surface area contributed by atoms with Crippen LogP contribution in [0.25, 0.3) is 6.08 Å². The summed E-state index contributed by atoms with van der Waals surface area (Å²) in [6.45, 7) is 0. The molecule has 2 atom stereocenters. The Bertz CT molecular complexity index is 865. The Balaban J connectivity index is 1.84. The van der Waals surface area contributed by atoms with Crippen molar-refractivity contribution >= 4 is 12.0 Å². The summed E-state index contributed by atoms with van der Waals surface area (Å²) < 4.78 is 10.8. The highest BCUT2D eigenvalue weighted by molar-refractivity contribution is 5.96. The fraction of sp³-hybridized carbons (Fsp3) is 0.150. The largest absolute Gasteiger partial charge is 0.507 e. The van der Waals surface area contributed by atoms with E-state index in [9.17, 15) is 9.90 Å². The Morgan fingerprint density at radius 1 is 1.21 bits per heavy atom. The molecule has 24 heavy (non-hydrogen) atoms. The van der Waals surface area contributed by atoms with Gasteiger partial charge in [-0.05, 0) is 29.3 Å². The summed E-state index contributed by atoms with van der Waals surface area (Å²) in [6, 6.07) is 13.1. The lowest BCUT2D eigenvalue weighted by molar-refractivity contribution is 0.0596. The van der Waals surface area contributed by atoms with Crippen LogP contribution in [-0.4, -0.2) is 24.3 Å². The quantitative estimate of drug-likeness (QED) is 0.858. The van der Waals surface area contributed by atoms with Crippen LogP contribution in [0.5, 0.6) is 11.5 Å². The maximum Gasteiger partial charge on any atom is 0.342 e. The molecular weight excluding hydrogens is 304 g/mol. The molecule has 0 saturated heterocycles. The number of hydrogen-bond donors (Lipinski definition) is 1. The molecule has 1 heterocycles. The number of phenols is 1. The van der Waals surface area contributed by atoms with Crippen LogP contribution < -0.4 is 4.74 Å². The lowest BCUT2D eigenvalue weighted by Crippen LogP contribution is -2.14. The van der Waals surface area contributed by atoms with Crippen molar-refractivity contribution in [2.24, 2.45) is 0 Å². The molecule has 0 saturated carbocycles. The maximum atomic E-state index is 12.2. The smallest absolute Gasteiger partial charge is 0.342 e. The third kappa shape index (κ3) is 2.19. The summed E-state index contributed by atoms with van der Waals surface area (Å²) in [5.74, 6) is -0.150. The predicted octanol–water partition coefficient (Wildman–Crippen LogP) is 3.68. The molecule has 1 aliphatic carbocycles. The van der Waals surface area contributed by atoms with Gasteiger partial charge < -0.3 is 14.6 Å². The van der Waals surface area contributed by atoms with E-state index in [4.69, 9.17) is 9.47 Å². The van der Waals surface area contributed by atoms with Gasteiger partial charge in [0, 0.05) is 5.56 Å². The van der Waals surface area contributed by atoms with E-state index in [1.807, 2.05) is 42.5 Å². The zero-order valence-electron chi connectivity index (χ0n) is 13.1. The number of rotatable bonds is 2. The third-order valence-corrected chi connectivity index (χ3v) is 4.45. The van der Waals surface area contributed by atoms with Crippen LogP contribution in [0, 0.1) is 0 Å². The highest BCUT2D eigenvalue weighted by atomic mass is 16.5. The molecule has 0 spiro atoms. The van der Waals surface area contributed by atoms with Gasteiger partial charge in [-0.3, -0.25) is 0 Å². The highest BCUT2D eigenvalue weighted by Gasteiger charge is 2.42. The number of ether oxygens (including phenoxy) is 2. The molecule has 0 amide bonds. The van der Waals surface area contributed by atoms with E-state index in [-0.39, 0.29) is 23.3 Å². The first-order chi connectivity index (χ1) is 11.7. The number of carbonyl (C=O) groups excluding carboxylic acids is 1. The molecule has 4 nitrogen and oxygen atoms in total. The van der Waals surface area contributed by atoms with Crippen molar-refractivity contribution in [1.82, 2.24) is 0 Å². The van der Waals surface area contributed by atoms with E-state index in [0.717, 1.165) is 11.1 Å². The molecular formula is C20H16O4. The van der Waals surface area contributed by atoms with Crippen molar-refractivity contribution in [3.63, 3.8) is 0 Å². The van der Waals surface area contributed by atoms with Crippen molar-refractivity contribution in [1.29, 1.82) is 0 Å².